The van der Waals surface area contributed by atoms with Crippen molar-refractivity contribution < 1.29 is 0 Å². The van der Waals surface area contributed by atoms with Gasteiger partial charge in [0, 0.05) is 15.7 Å². The molecule has 2 rings (SSSR count). The summed E-state index contributed by atoms with van der Waals surface area (Å²) in [6, 6.07) is 14.1. The molecule has 2 aromatic rings. The monoisotopic (exact) mass is 321 g/mol. The lowest BCUT2D eigenvalue weighted by molar-refractivity contribution is 0.590. The van der Waals surface area contributed by atoms with E-state index in [4.69, 9.17) is 23.2 Å². The third-order valence-corrected chi connectivity index (χ3v) is 4.10. The summed E-state index contributed by atoms with van der Waals surface area (Å²) in [6.07, 6.45) is 0. The smallest absolute Gasteiger partial charge is 0.0500 e. The Morgan fingerprint density at radius 1 is 1.00 bits per heavy atom. The average Bonchev–Trinajstić information content (AvgIpc) is 2.37. The third-order valence-electron chi connectivity index (χ3n) is 3.54. The molecule has 0 radical (unpaired) electrons. The molecule has 3 heteroatoms. The number of rotatable bonds is 3. The lowest BCUT2D eigenvalue weighted by Crippen LogP contribution is -2.16. The van der Waals surface area contributed by atoms with Crippen molar-refractivity contribution in [1.82, 2.24) is 0 Å². The van der Waals surface area contributed by atoms with Gasteiger partial charge in [-0.1, -0.05) is 68.2 Å². The van der Waals surface area contributed by atoms with Crippen LogP contribution in [-0.2, 0) is 5.41 Å². The van der Waals surface area contributed by atoms with E-state index >= 15 is 0 Å². The molecule has 112 valence electrons. The number of anilines is 1. The highest BCUT2D eigenvalue weighted by atomic mass is 35.5. The maximum atomic E-state index is 6.30. The van der Waals surface area contributed by atoms with Gasteiger partial charge in [-0.3, -0.25) is 0 Å². The van der Waals surface area contributed by atoms with Crippen LogP contribution in [0.25, 0.3) is 0 Å². The van der Waals surface area contributed by atoms with Gasteiger partial charge in [0.25, 0.3) is 0 Å². The first-order chi connectivity index (χ1) is 9.79. The topological polar surface area (TPSA) is 12.0 Å². The molecule has 0 saturated carbocycles. The van der Waals surface area contributed by atoms with Crippen LogP contribution >= 0.6 is 23.2 Å². The molecule has 0 aliphatic rings. The summed E-state index contributed by atoms with van der Waals surface area (Å²) in [6.45, 7) is 8.75. The number of benzene rings is 2. The Morgan fingerprint density at radius 2 is 1.67 bits per heavy atom. The van der Waals surface area contributed by atoms with Gasteiger partial charge >= 0.3 is 0 Å². The summed E-state index contributed by atoms with van der Waals surface area (Å²) >= 11 is 12.3. The van der Waals surface area contributed by atoms with Gasteiger partial charge in [0.15, 0.2) is 0 Å². The van der Waals surface area contributed by atoms with Gasteiger partial charge in [-0.25, -0.2) is 0 Å². The van der Waals surface area contributed by atoms with E-state index in [0.29, 0.717) is 10.0 Å². The van der Waals surface area contributed by atoms with E-state index in [2.05, 4.69) is 51.2 Å². The lowest BCUT2D eigenvalue weighted by atomic mass is 9.85. The van der Waals surface area contributed by atoms with E-state index in [1.165, 1.54) is 5.56 Å². The van der Waals surface area contributed by atoms with Crippen LogP contribution in [0.4, 0.5) is 5.69 Å². The predicted molar refractivity (Wildman–Crippen MR) is 93.6 cm³/mol. The Hall–Kier alpha value is -1.18. The number of hydrogen-bond acceptors (Lipinski definition) is 1. The van der Waals surface area contributed by atoms with Crippen molar-refractivity contribution in [1.29, 1.82) is 0 Å². The quantitative estimate of drug-likeness (QED) is 0.683. The highest BCUT2D eigenvalue weighted by Crippen LogP contribution is 2.33. The highest BCUT2D eigenvalue weighted by molar-refractivity contribution is 6.35. The van der Waals surface area contributed by atoms with E-state index in [1.54, 1.807) is 6.07 Å². The largest absolute Gasteiger partial charge is 0.378 e. The zero-order chi connectivity index (χ0) is 15.6. The molecule has 0 aromatic heterocycles. The number of nitrogens with one attached hydrogen (secondary N) is 1. The van der Waals surface area contributed by atoms with Gasteiger partial charge in [-0.2, -0.15) is 0 Å². The Balaban J connectivity index is 2.30. The van der Waals surface area contributed by atoms with Crippen LogP contribution in [0, 0.1) is 0 Å². The zero-order valence-corrected chi connectivity index (χ0v) is 14.4. The first-order valence-electron chi connectivity index (χ1n) is 7.10. The maximum Gasteiger partial charge on any atom is 0.0500 e. The van der Waals surface area contributed by atoms with E-state index in [1.807, 2.05) is 18.2 Å². The van der Waals surface area contributed by atoms with Gasteiger partial charge < -0.3 is 5.32 Å². The van der Waals surface area contributed by atoms with Crippen LogP contribution in [0.5, 0.6) is 0 Å². The van der Waals surface area contributed by atoms with Gasteiger partial charge in [0.05, 0.1) is 6.04 Å². The van der Waals surface area contributed by atoms with Crippen molar-refractivity contribution in [2.24, 2.45) is 0 Å². The van der Waals surface area contributed by atoms with Crippen LogP contribution in [0.15, 0.2) is 42.5 Å². The van der Waals surface area contributed by atoms with E-state index < -0.39 is 0 Å². The van der Waals surface area contributed by atoms with Crippen molar-refractivity contribution >= 4 is 28.9 Å². The minimum atomic E-state index is 0.0904. The molecule has 0 spiro atoms. The van der Waals surface area contributed by atoms with Crippen LogP contribution in [0.3, 0.4) is 0 Å². The van der Waals surface area contributed by atoms with Crippen molar-refractivity contribution in [3.63, 3.8) is 0 Å². The number of hydrogen-bond donors (Lipinski definition) is 1. The Morgan fingerprint density at radius 3 is 2.29 bits per heavy atom. The summed E-state index contributed by atoms with van der Waals surface area (Å²) in [7, 11) is 0. The average molecular weight is 322 g/mol. The summed E-state index contributed by atoms with van der Waals surface area (Å²) in [5, 5.41) is 4.91. The molecule has 0 bridgehead atoms. The Kier molecular flexibility index (Phi) is 4.85. The molecule has 1 unspecified atom stereocenters. The molecule has 0 amide bonds. The molecule has 1 atom stereocenters. The number of para-hydroxylation sites is 1. The van der Waals surface area contributed by atoms with Crippen LogP contribution < -0.4 is 5.32 Å². The first kappa shape index (κ1) is 16.2. The first-order valence-corrected chi connectivity index (χ1v) is 7.85. The molecular weight excluding hydrogens is 301 g/mol. The van der Waals surface area contributed by atoms with Gasteiger partial charge in [-0.05, 0) is 41.7 Å². The predicted octanol–water partition coefficient (Wildman–Crippen LogP) is 6.46. The van der Waals surface area contributed by atoms with E-state index in [-0.39, 0.29) is 11.5 Å². The lowest BCUT2D eigenvalue weighted by Gasteiger charge is -2.26. The SMILES string of the molecule is CC(Nc1ccccc1C(C)(C)C)c1ccc(Cl)cc1Cl. The van der Waals surface area contributed by atoms with Crippen molar-refractivity contribution in [3.8, 4) is 0 Å². The summed E-state index contributed by atoms with van der Waals surface area (Å²) < 4.78 is 0. The fourth-order valence-electron chi connectivity index (χ4n) is 2.43. The molecule has 1 nitrogen and oxygen atoms in total. The molecule has 2 aromatic carbocycles. The maximum absolute atomic E-state index is 6.30. The van der Waals surface area contributed by atoms with Crippen LogP contribution in [0.2, 0.25) is 10.0 Å². The van der Waals surface area contributed by atoms with Gasteiger partial charge in [0.1, 0.15) is 0 Å². The van der Waals surface area contributed by atoms with Gasteiger partial charge in [0.2, 0.25) is 0 Å². The van der Waals surface area contributed by atoms with E-state index in [0.717, 1.165) is 11.3 Å². The van der Waals surface area contributed by atoms with Crippen molar-refractivity contribution in [3.05, 3.63) is 63.6 Å². The molecular formula is C18H21Cl2N. The van der Waals surface area contributed by atoms with Crippen molar-refractivity contribution in [2.75, 3.05) is 5.32 Å². The number of halogens is 2. The molecule has 0 aliphatic carbocycles. The molecule has 1 N–H and O–H groups in total. The minimum absolute atomic E-state index is 0.0904. The van der Waals surface area contributed by atoms with Crippen LogP contribution in [0.1, 0.15) is 44.9 Å². The fraction of sp³-hybridized carbons (Fsp3) is 0.333. The standard InChI is InChI=1S/C18H21Cl2N/c1-12(14-10-9-13(19)11-16(14)20)21-17-8-6-5-7-15(17)18(2,3)4/h5-12,21H,1-4H3. The molecule has 0 aliphatic heterocycles. The second kappa shape index (κ2) is 6.29. The van der Waals surface area contributed by atoms with Crippen molar-refractivity contribution in [2.45, 2.75) is 39.2 Å². The third kappa shape index (κ3) is 3.93. The second-order valence-electron chi connectivity index (χ2n) is 6.33. The normalized spacial score (nSPS) is 13.0. The Bertz CT molecular complexity index is 629. The Labute approximate surface area is 137 Å². The van der Waals surface area contributed by atoms with E-state index in [9.17, 15) is 0 Å². The molecule has 21 heavy (non-hydrogen) atoms. The summed E-state index contributed by atoms with van der Waals surface area (Å²) in [4.78, 5) is 0. The summed E-state index contributed by atoms with van der Waals surface area (Å²) in [5.41, 5.74) is 3.57. The van der Waals surface area contributed by atoms with Crippen LogP contribution in [-0.4, -0.2) is 0 Å². The second-order valence-corrected chi connectivity index (χ2v) is 7.17. The summed E-state index contributed by atoms with van der Waals surface area (Å²) in [5.74, 6) is 0. The molecule has 0 heterocycles. The highest BCUT2D eigenvalue weighted by Gasteiger charge is 2.19. The molecule has 0 saturated heterocycles. The molecule has 0 fully saturated rings. The van der Waals surface area contributed by atoms with Gasteiger partial charge in [-0.15, -0.1) is 0 Å². The zero-order valence-electron chi connectivity index (χ0n) is 12.9. The fourth-order valence-corrected chi connectivity index (χ4v) is 3.00. The minimum Gasteiger partial charge on any atom is -0.378 e.